The highest BCUT2D eigenvalue weighted by molar-refractivity contribution is 5.75. The van der Waals surface area contributed by atoms with Crippen molar-refractivity contribution in [2.75, 3.05) is 13.7 Å². The van der Waals surface area contributed by atoms with Crippen LogP contribution in [0.1, 0.15) is 24.3 Å². The van der Waals surface area contributed by atoms with Gasteiger partial charge in [-0.3, -0.25) is 4.79 Å². The van der Waals surface area contributed by atoms with Gasteiger partial charge in [-0.25, -0.2) is 0 Å². The van der Waals surface area contributed by atoms with Crippen molar-refractivity contribution in [1.29, 1.82) is 0 Å². The smallest absolute Gasteiger partial charge is 0.322 e. The second-order valence-electron chi connectivity index (χ2n) is 4.16. The SMILES string of the molecule is COC(=O)[C@H]1C[C@@H](c2ccccc2)CCN1. The number of nitrogens with one attached hydrogen (secondary N) is 1. The Labute approximate surface area is 95.8 Å². The first-order valence-corrected chi connectivity index (χ1v) is 5.67. The third-order valence-electron chi connectivity index (χ3n) is 3.16. The predicted molar refractivity (Wildman–Crippen MR) is 62.2 cm³/mol. The van der Waals surface area contributed by atoms with Gasteiger partial charge in [-0.05, 0) is 30.9 Å². The molecule has 1 aromatic carbocycles. The highest BCUT2D eigenvalue weighted by Gasteiger charge is 2.27. The van der Waals surface area contributed by atoms with Crippen molar-refractivity contribution in [3.8, 4) is 0 Å². The molecule has 1 saturated heterocycles. The van der Waals surface area contributed by atoms with E-state index in [1.807, 2.05) is 18.2 Å². The molecule has 0 bridgehead atoms. The van der Waals surface area contributed by atoms with E-state index >= 15 is 0 Å². The number of hydrogen-bond donors (Lipinski definition) is 1. The van der Waals surface area contributed by atoms with Gasteiger partial charge in [0.1, 0.15) is 6.04 Å². The largest absolute Gasteiger partial charge is 0.468 e. The molecule has 0 aromatic heterocycles. The molecule has 1 aromatic rings. The molecule has 2 atom stereocenters. The van der Waals surface area contributed by atoms with Crippen molar-refractivity contribution >= 4 is 5.97 Å². The van der Waals surface area contributed by atoms with Gasteiger partial charge in [0.15, 0.2) is 0 Å². The fourth-order valence-corrected chi connectivity index (χ4v) is 2.27. The summed E-state index contributed by atoms with van der Waals surface area (Å²) in [6.07, 6.45) is 1.91. The third kappa shape index (κ3) is 2.42. The van der Waals surface area contributed by atoms with Gasteiger partial charge in [0.25, 0.3) is 0 Å². The molecule has 1 N–H and O–H groups in total. The molecule has 0 radical (unpaired) electrons. The van der Waals surface area contributed by atoms with Gasteiger partial charge in [0, 0.05) is 0 Å². The van der Waals surface area contributed by atoms with Gasteiger partial charge in [0.05, 0.1) is 7.11 Å². The molecule has 0 unspecified atom stereocenters. The molecule has 16 heavy (non-hydrogen) atoms. The molecular formula is C13H17NO2. The second-order valence-corrected chi connectivity index (χ2v) is 4.16. The van der Waals surface area contributed by atoms with Crippen LogP contribution in [0.2, 0.25) is 0 Å². The topological polar surface area (TPSA) is 38.3 Å². The Morgan fingerprint density at radius 3 is 2.81 bits per heavy atom. The summed E-state index contributed by atoms with van der Waals surface area (Å²) in [5, 5.41) is 3.19. The average Bonchev–Trinajstić information content (AvgIpc) is 2.39. The third-order valence-corrected chi connectivity index (χ3v) is 3.16. The van der Waals surface area contributed by atoms with Crippen LogP contribution in [0.15, 0.2) is 30.3 Å². The maximum Gasteiger partial charge on any atom is 0.322 e. The quantitative estimate of drug-likeness (QED) is 0.769. The summed E-state index contributed by atoms with van der Waals surface area (Å²) < 4.78 is 4.77. The van der Waals surface area contributed by atoms with Gasteiger partial charge in [-0.1, -0.05) is 30.3 Å². The highest BCUT2D eigenvalue weighted by atomic mass is 16.5. The highest BCUT2D eigenvalue weighted by Crippen LogP contribution is 2.27. The molecule has 0 spiro atoms. The van der Waals surface area contributed by atoms with Gasteiger partial charge < -0.3 is 10.1 Å². The zero-order valence-corrected chi connectivity index (χ0v) is 9.48. The van der Waals surface area contributed by atoms with Crippen molar-refractivity contribution in [3.63, 3.8) is 0 Å². The lowest BCUT2D eigenvalue weighted by Gasteiger charge is -2.28. The minimum absolute atomic E-state index is 0.149. The normalized spacial score (nSPS) is 25.1. The van der Waals surface area contributed by atoms with Gasteiger partial charge >= 0.3 is 5.97 Å². The molecule has 0 amide bonds. The lowest BCUT2D eigenvalue weighted by atomic mass is 9.86. The summed E-state index contributed by atoms with van der Waals surface area (Å²) in [5.74, 6) is 0.312. The number of carbonyl (C=O) groups is 1. The van der Waals surface area contributed by atoms with E-state index < -0.39 is 0 Å². The second kappa shape index (κ2) is 5.12. The fraction of sp³-hybridized carbons (Fsp3) is 0.462. The van der Waals surface area contributed by atoms with Gasteiger partial charge in [-0.2, -0.15) is 0 Å². The molecule has 1 aliphatic rings. The molecule has 86 valence electrons. The zero-order chi connectivity index (χ0) is 11.4. The van der Waals surface area contributed by atoms with Crippen molar-refractivity contribution in [2.24, 2.45) is 0 Å². The molecule has 3 nitrogen and oxygen atoms in total. The fourth-order valence-electron chi connectivity index (χ4n) is 2.27. The van der Waals surface area contributed by atoms with Crippen LogP contribution < -0.4 is 5.32 Å². The monoisotopic (exact) mass is 219 g/mol. The molecule has 0 aliphatic carbocycles. The summed E-state index contributed by atoms with van der Waals surface area (Å²) >= 11 is 0. The van der Waals surface area contributed by atoms with Crippen LogP contribution >= 0.6 is 0 Å². The summed E-state index contributed by atoms with van der Waals surface area (Å²) in [7, 11) is 1.44. The van der Waals surface area contributed by atoms with Crippen molar-refractivity contribution < 1.29 is 9.53 Å². The Balaban J connectivity index is 2.05. The number of hydrogen-bond acceptors (Lipinski definition) is 3. The Bertz CT molecular complexity index is 350. The van der Waals surface area contributed by atoms with Crippen molar-refractivity contribution in [1.82, 2.24) is 5.32 Å². The molecule has 1 heterocycles. The maximum absolute atomic E-state index is 11.5. The molecule has 0 saturated carbocycles. The molecular weight excluding hydrogens is 202 g/mol. The minimum atomic E-state index is -0.152. The van der Waals surface area contributed by atoms with Crippen molar-refractivity contribution in [3.05, 3.63) is 35.9 Å². The van der Waals surface area contributed by atoms with Crippen LogP contribution in [-0.4, -0.2) is 25.7 Å². The Morgan fingerprint density at radius 2 is 2.12 bits per heavy atom. The van der Waals surface area contributed by atoms with Crippen molar-refractivity contribution in [2.45, 2.75) is 24.8 Å². The number of benzene rings is 1. The van der Waals surface area contributed by atoms with E-state index in [-0.39, 0.29) is 12.0 Å². The van der Waals surface area contributed by atoms with E-state index in [0.717, 1.165) is 19.4 Å². The van der Waals surface area contributed by atoms with E-state index in [1.54, 1.807) is 0 Å². The van der Waals surface area contributed by atoms with E-state index in [2.05, 4.69) is 17.4 Å². The number of rotatable bonds is 2. The van der Waals surface area contributed by atoms with E-state index in [4.69, 9.17) is 4.74 Å². The number of ether oxygens (including phenoxy) is 1. The van der Waals surface area contributed by atoms with Crippen LogP contribution in [-0.2, 0) is 9.53 Å². The first-order valence-electron chi connectivity index (χ1n) is 5.67. The summed E-state index contributed by atoms with van der Waals surface area (Å²) in [6.45, 7) is 0.874. The Hall–Kier alpha value is -1.35. The van der Waals surface area contributed by atoms with E-state index in [9.17, 15) is 4.79 Å². The van der Waals surface area contributed by atoms with Crippen LogP contribution in [0.4, 0.5) is 0 Å². The molecule has 1 aliphatic heterocycles. The summed E-state index contributed by atoms with van der Waals surface area (Å²) in [6, 6.07) is 10.2. The number of esters is 1. The van der Waals surface area contributed by atoms with Crippen LogP contribution in [0.3, 0.4) is 0 Å². The van der Waals surface area contributed by atoms with Crippen LogP contribution in [0.5, 0.6) is 0 Å². The van der Waals surface area contributed by atoms with Crippen LogP contribution in [0, 0.1) is 0 Å². The lowest BCUT2D eigenvalue weighted by molar-refractivity contribution is -0.143. The molecule has 3 heteroatoms. The number of piperidine rings is 1. The Morgan fingerprint density at radius 1 is 1.38 bits per heavy atom. The maximum atomic E-state index is 11.5. The standard InChI is InChI=1S/C13H17NO2/c1-16-13(15)12-9-11(7-8-14-12)10-5-3-2-4-6-10/h2-6,11-12,14H,7-9H2,1H3/t11-,12+/m0/s1. The van der Waals surface area contributed by atoms with E-state index in [0.29, 0.717) is 5.92 Å². The predicted octanol–water partition coefficient (Wildman–Crippen LogP) is 1.70. The summed E-state index contributed by atoms with van der Waals surface area (Å²) in [4.78, 5) is 11.5. The number of carbonyl (C=O) groups excluding carboxylic acids is 1. The van der Waals surface area contributed by atoms with Gasteiger partial charge in [-0.15, -0.1) is 0 Å². The first-order chi connectivity index (χ1) is 7.81. The Kier molecular flexibility index (Phi) is 3.57. The first kappa shape index (κ1) is 11.1. The van der Waals surface area contributed by atoms with Gasteiger partial charge in [0.2, 0.25) is 0 Å². The van der Waals surface area contributed by atoms with E-state index in [1.165, 1.54) is 12.7 Å². The lowest BCUT2D eigenvalue weighted by Crippen LogP contribution is -2.43. The molecule has 2 rings (SSSR count). The average molecular weight is 219 g/mol. The van der Waals surface area contributed by atoms with Crippen LogP contribution in [0.25, 0.3) is 0 Å². The molecule has 1 fully saturated rings. The zero-order valence-electron chi connectivity index (χ0n) is 9.48. The summed E-state index contributed by atoms with van der Waals surface area (Å²) in [5.41, 5.74) is 1.32. The number of methoxy groups -OCH3 is 1. The minimum Gasteiger partial charge on any atom is -0.468 e.